The predicted molar refractivity (Wildman–Crippen MR) is 54.6 cm³/mol. The van der Waals surface area contributed by atoms with Crippen LogP contribution < -0.4 is 10.5 Å². The summed E-state index contributed by atoms with van der Waals surface area (Å²) in [5.74, 6) is 1.92. The minimum Gasteiger partial charge on any atom is -0.504 e. The highest BCUT2D eigenvalue weighted by Crippen LogP contribution is 2.48. The molecule has 1 saturated carbocycles. The van der Waals surface area contributed by atoms with Gasteiger partial charge in [0.15, 0.2) is 11.5 Å². The number of benzene rings is 1. The van der Waals surface area contributed by atoms with Gasteiger partial charge in [-0.15, -0.1) is 0 Å². The average Bonchev–Trinajstić information content (AvgIpc) is 2.98. The molecule has 76 valence electrons. The summed E-state index contributed by atoms with van der Waals surface area (Å²) in [6, 6.07) is 5.52. The van der Waals surface area contributed by atoms with Crippen LogP contribution in [0.5, 0.6) is 11.5 Å². The number of phenols is 1. The first-order valence-electron chi connectivity index (χ1n) is 4.83. The van der Waals surface area contributed by atoms with Gasteiger partial charge in [-0.1, -0.05) is 6.07 Å². The Labute approximate surface area is 83.5 Å². The predicted octanol–water partition coefficient (Wildman–Crippen LogP) is 1.46. The van der Waals surface area contributed by atoms with Gasteiger partial charge in [-0.3, -0.25) is 0 Å². The topological polar surface area (TPSA) is 55.5 Å². The molecule has 0 aliphatic heterocycles. The maximum absolute atomic E-state index is 9.41. The molecule has 0 radical (unpaired) electrons. The molecule has 2 atom stereocenters. The Morgan fingerprint density at radius 3 is 2.93 bits per heavy atom. The van der Waals surface area contributed by atoms with Crippen molar-refractivity contribution >= 4 is 0 Å². The standard InChI is InChI=1S/C11H15NO2/c1-14-11-5-7(2-3-10(11)13)9-4-8(9)6-12/h2-3,5,8-9,13H,4,6,12H2,1H3. The van der Waals surface area contributed by atoms with Gasteiger partial charge in [0, 0.05) is 0 Å². The first kappa shape index (κ1) is 9.34. The number of methoxy groups -OCH3 is 1. The molecule has 1 aromatic carbocycles. The summed E-state index contributed by atoms with van der Waals surface area (Å²) in [6.45, 7) is 0.744. The lowest BCUT2D eigenvalue weighted by molar-refractivity contribution is 0.373. The molecule has 3 nitrogen and oxygen atoms in total. The third kappa shape index (κ3) is 1.55. The smallest absolute Gasteiger partial charge is 0.160 e. The first-order chi connectivity index (χ1) is 6.76. The zero-order valence-electron chi connectivity index (χ0n) is 8.23. The largest absolute Gasteiger partial charge is 0.504 e. The zero-order valence-corrected chi connectivity index (χ0v) is 8.23. The fourth-order valence-electron chi connectivity index (χ4n) is 1.84. The van der Waals surface area contributed by atoms with Crippen molar-refractivity contribution in [1.29, 1.82) is 0 Å². The van der Waals surface area contributed by atoms with Crippen molar-refractivity contribution in [2.75, 3.05) is 13.7 Å². The minimum atomic E-state index is 0.196. The van der Waals surface area contributed by atoms with Crippen LogP contribution in [-0.4, -0.2) is 18.8 Å². The quantitative estimate of drug-likeness (QED) is 0.764. The Hall–Kier alpha value is -1.22. The number of rotatable bonds is 3. The summed E-state index contributed by atoms with van der Waals surface area (Å²) in [6.07, 6.45) is 1.16. The highest BCUT2D eigenvalue weighted by Gasteiger charge is 2.37. The summed E-state index contributed by atoms with van der Waals surface area (Å²) < 4.78 is 5.05. The van der Waals surface area contributed by atoms with Crippen molar-refractivity contribution in [2.45, 2.75) is 12.3 Å². The van der Waals surface area contributed by atoms with E-state index in [2.05, 4.69) is 0 Å². The van der Waals surface area contributed by atoms with Gasteiger partial charge in [0.2, 0.25) is 0 Å². The summed E-state index contributed by atoms with van der Waals surface area (Å²) in [5, 5.41) is 9.41. The van der Waals surface area contributed by atoms with Crippen LogP contribution in [0.3, 0.4) is 0 Å². The van der Waals surface area contributed by atoms with E-state index in [4.69, 9.17) is 10.5 Å². The second-order valence-corrected chi connectivity index (χ2v) is 3.77. The molecule has 0 saturated heterocycles. The van der Waals surface area contributed by atoms with Crippen LogP contribution >= 0.6 is 0 Å². The molecule has 14 heavy (non-hydrogen) atoms. The normalized spacial score (nSPS) is 24.7. The van der Waals surface area contributed by atoms with Gasteiger partial charge in [-0.2, -0.15) is 0 Å². The van der Waals surface area contributed by atoms with Gasteiger partial charge < -0.3 is 15.6 Å². The lowest BCUT2D eigenvalue weighted by atomic mass is 10.1. The van der Waals surface area contributed by atoms with Crippen molar-refractivity contribution in [3.05, 3.63) is 23.8 Å². The van der Waals surface area contributed by atoms with E-state index < -0.39 is 0 Å². The Morgan fingerprint density at radius 2 is 2.36 bits per heavy atom. The second kappa shape index (κ2) is 3.50. The fourth-order valence-corrected chi connectivity index (χ4v) is 1.84. The van der Waals surface area contributed by atoms with Gasteiger partial charge in [-0.05, 0) is 42.5 Å². The Morgan fingerprint density at radius 1 is 1.57 bits per heavy atom. The van der Waals surface area contributed by atoms with E-state index in [0.717, 1.165) is 13.0 Å². The maximum atomic E-state index is 9.41. The Kier molecular flexibility index (Phi) is 2.33. The van der Waals surface area contributed by atoms with Crippen LogP contribution in [0.25, 0.3) is 0 Å². The van der Waals surface area contributed by atoms with Crippen LogP contribution in [-0.2, 0) is 0 Å². The minimum absolute atomic E-state index is 0.196. The van der Waals surface area contributed by atoms with E-state index in [0.29, 0.717) is 17.6 Å². The second-order valence-electron chi connectivity index (χ2n) is 3.77. The van der Waals surface area contributed by atoms with Crippen molar-refractivity contribution in [3.63, 3.8) is 0 Å². The molecule has 2 rings (SSSR count). The van der Waals surface area contributed by atoms with Crippen LogP contribution in [0, 0.1) is 5.92 Å². The molecule has 1 aromatic rings. The van der Waals surface area contributed by atoms with E-state index in [1.165, 1.54) is 5.56 Å². The van der Waals surface area contributed by atoms with Gasteiger partial charge in [0.1, 0.15) is 0 Å². The van der Waals surface area contributed by atoms with E-state index in [1.54, 1.807) is 13.2 Å². The molecule has 0 aromatic heterocycles. The van der Waals surface area contributed by atoms with Gasteiger partial charge in [-0.25, -0.2) is 0 Å². The number of aromatic hydroxyl groups is 1. The molecule has 3 N–H and O–H groups in total. The van der Waals surface area contributed by atoms with E-state index in [-0.39, 0.29) is 5.75 Å². The fraction of sp³-hybridized carbons (Fsp3) is 0.455. The molecule has 1 aliphatic carbocycles. The molecule has 0 amide bonds. The van der Waals surface area contributed by atoms with Crippen LogP contribution in [0.15, 0.2) is 18.2 Å². The summed E-state index contributed by atoms with van der Waals surface area (Å²) >= 11 is 0. The Bertz CT molecular complexity index is 338. The van der Waals surface area contributed by atoms with E-state index in [1.807, 2.05) is 12.1 Å². The van der Waals surface area contributed by atoms with Crippen LogP contribution in [0.2, 0.25) is 0 Å². The zero-order chi connectivity index (χ0) is 10.1. The number of phenolic OH excluding ortho intramolecular Hbond substituents is 1. The van der Waals surface area contributed by atoms with Crippen molar-refractivity contribution in [1.82, 2.24) is 0 Å². The van der Waals surface area contributed by atoms with E-state index in [9.17, 15) is 5.11 Å². The van der Waals surface area contributed by atoms with Gasteiger partial charge in [0.25, 0.3) is 0 Å². The SMILES string of the molecule is COc1cc(C2CC2CN)ccc1O. The average molecular weight is 193 g/mol. The van der Waals surface area contributed by atoms with Crippen LogP contribution in [0.4, 0.5) is 0 Å². The monoisotopic (exact) mass is 193 g/mol. The highest BCUT2D eigenvalue weighted by molar-refractivity contribution is 5.44. The van der Waals surface area contributed by atoms with Gasteiger partial charge >= 0.3 is 0 Å². The van der Waals surface area contributed by atoms with Crippen molar-refractivity contribution in [3.8, 4) is 11.5 Å². The first-order valence-corrected chi connectivity index (χ1v) is 4.83. The van der Waals surface area contributed by atoms with E-state index >= 15 is 0 Å². The maximum Gasteiger partial charge on any atom is 0.160 e. The van der Waals surface area contributed by atoms with Crippen molar-refractivity contribution in [2.24, 2.45) is 11.7 Å². The molecule has 0 heterocycles. The number of nitrogens with two attached hydrogens (primary N) is 1. The van der Waals surface area contributed by atoms with Crippen molar-refractivity contribution < 1.29 is 9.84 Å². The molecular weight excluding hydrogens is 178 g/mol. The summed E-state index contributed by atoms with van der Waals surface area (Å²) in [4.78, 5) is 0. The molecule has 0 spiro atoms. The molecule has 0 bridgehead atoms. The van der Waals surface area contributed by atoms with Gasteiger partial charge in [0.05, 0.1) is 7.11 Å². The number of ether oxygens (including phenoxy) is 1. The summed E-state index contributed by atoms with van der Waals surface area (Å²) in [7, 11) is 1.56. The molecule has 1 aliphatic rings. The van der Waals surface area contributed by atoms with Crippen LogP contribution in [0.1, 0.15) is 17.9 Å². The number of hydrogen-bond donors (Lipinski definition) is 2. The lowest BCUT2D eigenvalue weighted by Crippen LogP contribution is -2.01. The molecule has 1 fully saturated rings. The highest BCUT2D eigenvalue weighted by atomic mass is 16.5. The Balaban J connectivity index is 2.20. The third-order valence-corrected chi connectivity index (χ3v) is 2.86. The molecule has 2 unspecified atom stereocenters. The number of hydrogen-bond acceptors (Lipinski definition) is 3. The molecular formula is C11H15NO2. The third-order valence-electron chi connectivity index (χ3n) is 2.86. The lowest BCUT2D eigenvalue weighted by Gasteiger charge is -2.05. The molecule has 3 heteroatoms. The summed E-state index contributed by atoms with van der Waals surface area (Å²) in [5.41, 5.74) is 6.80.